The van der Waals surface area contributed by atoms with Crippen molar-refractivity contribution >= 4 is 23.2 Å². The maximum atomic E-state index is 11.6. The molecule has 0 aromatic carbocycles. The normalized spacial score (nSPS) is 21.1. The summed E-state index contributed by atoms with van der Waals surface area (Å²) in [7, 11) is 0. The molecule has 0 radical (unpaired) electrons. The number of carboxylic acids is 1. The number of thiazole rings is 1. The monoisotopic (exact) mass is 282 g/mol. The molecule has 1 aliphatic carbocycles. The Kier molecular flexibility index (Phi) is 4.52. The summed E-state index contributed by atoms with van der Waals surface area (Å²) in [6.07, 6.45) is 3.31. The van der Waals surface area contributed by atoms with Crippen LogP contribution in [-0.2, 0) is 16.0 Å². The molecule has 1 aliphatic rings. The molecular formula is C13H18N2O3S. The Morgan fingerprint density at radius 3 is 2.84 bits per heavy atom. The van der Waals surface area contributed by atoms with Crippen LogP contribution in [-0.4, -0.2) is 28.5 Å². The Bertz CT molecular complexity index is 472. The van der Waals surface area contributed by atoms with Crippen molar-refractivity contribution < 1.29 is 14.7 Å². The summed E-state index contributed by atoms with van der Waals surface area (Å²) in [5.74, 6) is -1.74. The number of rotatable bonds is 7. The molecule has 0 spiro atoms. The van der Waals surface area contributed by atoms with Gasteiger partial charge in [-0.3, -0.25) is 9.59 Å². The first-order valence-electron chi connectivity index (χ1n) is 6.49. The van der Waals surface area contributed by atoms with Crippen LogP contribution in [0.3, 0.4) is 0 Å². The van der Waals surface area contributed by atoms with Crippen molar-refractivity contribution in [2.24, 2.45) is 11.8 Å². The standard InChI is InChI=1S/C13H18N2O3S/c1-8-7-19-11(15-8)4-2-3-5-14-12(16)9-6-10(9)13(17)18/h7,9-10H,2-6H2,1H3,(H,14,16)(H,17,18). The van der Waals surface area contributed by atoms with E-state index in [9.17, 15) is 9.59 Å². The van der Waals surface area contributed by atoms with Crippen LogP contribution in [0.2, 0.25) is 0 Å². The molecule has 2 atom stereocenters. The summed E-state index contributed by atoms with van der Waals surface area (Å²) in [4.78, 5) is 26.6. The summed E-state index contributed by atoms with van der Waals surface area (Å²) < 4.78 is 0. The minimum Gasteiger partial charge on any atom is -0.481 e. The molecule has 1 heterocycles. The van der Waals surface area contributed by atoms with Crippen LogP contribution in [0.15, 0.2) is 5.38 Å². The molecular weight excluding hydrogens is 264 g/mol. The van der Waals surface area contributed by atoms with Crippen molar-refractivity contribution in [3.63, 3.8) is 0 Å². The number of hydrogen-bond acceptors (Lipinski definition) is 4. The predicted molar refractivity (Wildman–Crippen MR) is 72.0 cm³/mol. The van der Waals surface area contributed by atoms with Gasteiger partial charge in [0.2, 0.25) is 5.91 Å². The average Bonchev–Trinajstić information content (AvgIpc) is 3.07. The lowest BCUT2D eigenvalue weighted by Crippen LogP contribution is -2.27. The number of amides is 1. The zero-order chi connectivity index (χ0) is 13.8. The van der Waals surface area contributed by atoms with E-state index in [2.05, 4.69) is 10.3 Å². The average molecular weight is 282 g/mol. The number of nitrogens with zero attached hydrogens (tertiary/aromatic N) is 1. The van der Waals surface area contributed by atoms with E-state index in [1.807, 2.05) is 12.3 Å². The first-order chi connectivity index (χ1) is 9.08. The van der Waals surface area contributed by atoms with Crippen molar-refractivity contribution in [1.29, 1.82) is 0 Å². The third kappa shape index (κ3) is 4.02. The van der Waals surface area contributed by atoms with Crippen molar-refractivity contribution in [1.82, 2.24) is 10.3 Å². The number of aromatic nitrogens is 1. The number of aliphatic carboxylic acids is 1. The Hall–Kier alpha value is -1.43. The van der Waals surface area contributed by atoms with E-state index >= 15 is 0 Å². The van der Waals surface area contributed by atoms with Crippen molar-refractivity contribution in [2.75, 3.05) is 6.54 Å². The summed E-state index contributed by atoms with van der Waals surface area (Å²) in [6.45, 7) is 2.60. The molecule has 1 saturated carbocycles. The fourth-order valence-corrected chi connectivity index (χ4v) is 2.84. The van der Waals surface area contributed by atoms with Crippen molar-refractivity contribution in [2.45, 2.75) is 32.6 Å². The van der Waals surface area contributed by atoms with Gasteiger partial charge in [-0.2, -0.15) is 0 Å². The topological polar surface area (TPSA) is 79.3 Å². The summed E-state index contributed by atoms with van der Waals surface area (Å²) in [6, 6.07) is 0. The van der Waals surface area contributed by atoms with Gasteiger partial charge in [-0.25, -0.2) is 4.98 Å². The fourth-order valence-electron chi connectivity index (χ4n) is 2.02. The molecule has 2 rings (SSSR count). The van der Waals surface area contributed by atoms with E-state index in [0.717, 1.165) is 30.0 Å². The Morgan fingerprint density at radius 2 is 2.26 bits per heavy atom. The molecule has 1 aromatic heterocycles. The highest BCUT2D eigenvalue weighted by molar-refractivity contribution is 7.09. The lowest BCUT2D eigenvalue weighted by atomic mass is 10.2. The van der Waals surface area contributed by atoms with Gasteiger partial charge in [0.15, 0.2) is 0 Å². The fraction of sp³-hybridized carbons (Fsp3) is 0.615. The zero-order valence-corrected chi connectivity index (χ0v) is 11.7. The summed E-state index contributed by atoms with van der Waals surface area (Å²) in [5.41, 5.74) is 1.06. The van der Waals surface area contributed by atoms with Crippen LogP contribution in [0.1, 0.15) is 30.0 Å². The second-order valence-corrected chi connectivity index (χ2v) is 5.86. The minimum atomic E-state index is -0.862. The van der Waals surface area contributed by atoms with Crippen LogP contribution >= 0.6 is 11.3 Å². The molecule has 1 aromatic rings. The van der Waals surface area contributed by atoms with E-state index in [1.54, 1.807) is 11.3 Å². The van der Waals surface area contributed by atoms with Crippen LogP contribution in [0.4, 0.5) is 0 Å². The van der Waals surface area contributed by atoms with E-state index in [0.29, 0.717) is 13.0 Å². The lowest BCUT2D eigenvalue weighted by Gasteiger charge is -2.03. The van der Waals surface area contributed by atoms with Crippen molar-refractivity contribution in [3.05, 3.63) is 16.1 Å². The zero-order valence-electron chi connectivity index (χ0n) is 10.9. The molecule has 0 aliphatic heterocycles. The largest absolute Gasteiger partial charge is 0.481 e. The van der Waals surface area contributed by atoms with Crippen LogP contribution < -0.4 is 5.32 Å². The molecule has 1 amide bonds. The van der Waals surface area contributed by atoms with Crippen LogP contribution in [0.25, 0.3) is 0 Å². The smallest absolute Gasteiger partial charge is 0.307 e. The number of aryl methyl sites for hydroxylation is 2. The number of carbonyl (C=O) groups is 2. The maximum Gasteiger partial charge on any atom is 0.307 e. The molecule has 104 valence electrons. The van der Waals surface area contributed by atoms with Gasteiger partial charge in [0.25, 0.3) is 0 Å². The molecule has 2 N–H and O–H groups in total. The van der Waals surface area contributed by atoms with Crippen molar-refractivity contribution in [3.8, 4) is 0 Å². The third-order valence-corrected chi connectivity index (χ3v) is 4.25. The first-order valence-corrected chi connectivity index (χ1v) is 7.37. The molecule has 0 saturated heterocycles. The number of hydrogen-bond donors (Lipinski definition) is 2. The quantitative estimate of drug-likeness (QED) is 0.745. The summed E-state index contributed by atoms with van der Waals surface area (Å²) >= 11 is 1.67. The number of carboxylic acid groups (broad SMARTS) is 1. The molecule has 19 heavy (non-hydrogen) atoms. The molecule has 1 fully saturated rings. The number of carbonyl (C=O) groups excluding carboxylic acids is 1. The van der Waals surface area contributed by atoms with Gasteiger partial charge in [0, 0.05) is 17.6 Å². The Balaban J connectivity index is 1.55. The van der Waals surface area contributed by atoms with Gasteiger partial charge < -0.3 is 10.4 Å². The van der Waals surface area contributed by atoms with Crippen LogP contribution in [0.5, 0.6) is 0 Å². The SMILES string of the molecule is Cc1csc(CCCCNC(=O)C2CC2C(=O)O)n1. The maximum absolute atomic E-state index is 11.6. The molecule has 2 unspecified atom stereocenters. The van der Waals surface area contributed by atoms with Gasteiger partial charge in [-0.15, -0.1) is 11.3 Å². The number of unbranched alkanes of at least 4 members (excludes halogenated alkanes) is 1. The van der Waals surface area contributed by atoms with Gasteiger partial charge >= 0.3 is 5.97 Å². The van der Waals surface area contributed by atoms with Gasteiger partial charge in [0.05, 0.1) is 16.8 Å². The van der Waals surface area contributed by atoms with E-state index in [-0.39, 0.29) is 11.8 Å². The van der Waals surface area contributed by atoms with E-state index in [4.69, 9.17) is 5.11 Å². The van der Waals surface area contributed by atoms with E-state index < -0.39 is 11.9 Å². The second-order valence-electron chi connectivity index (χ2n) is 4.92. The van der Waals surface area contributed by atoms with Gasteiger partial charge in [-0.1, -0.05) is 0 Å². The highest BCUT2D eigenvalue weighted by atomic mass is 32.1. The first kappa shape index (κ1) is 14.0. The van der Waals surface area contributed by atoms with E-state index in [1.165, 1.54) is 0 Å². The summed E-state index contributed by atoms with van der Waals surface area (Å²) in [5, 5.41) is 14.7. The highest BCUT2D eigenvalue weighted by Crippen LogP contribution is 2.38. The molecule has 5 nitrogen and oxygen atoms in total. The minimum absolute atomic E-state index is 0.113. The second kappa shape index (κ2) is 6.14. The van der Waals surface area contributed by atoms with Gasteiger partial charge in [0.1, 0.15) is 0 Å². The molecule has 0 bridgehead atoms. The van der Waals surface area contributed by atoms with Gasteiger partial charge in [-0.05, 0) is 32.6 Å². The van der Waals surface area contributed by atoms with Crippen LogP contribution in [0, 0.1) is 18.8 Å². The third-order valence-electron chi connectivity index (χ3n) is 3.23. The Labute approximate surface area is 116 Å². The Morgan fingerprint density at radius 1 is 1.47 bits per heavy atom. The highest BCUT2D eigenvalue weighted by Gasteiger charge is 2.48. The molecule has 6 heteroatoms. The lowest BCUT2D eigenvalue weighted by molar-refractivity contribution is -0.140. The number of nitrogens with one attached hydrogen (secondary N) is 1. The predicted octanol–water partition coefficient (Wildman–Crippen LogP) is 1.61.